The fourth-order valence-corrected chi connectivity index (χ4v) is 6.10. The summed E-state index contributed by atoms with van der Waals surface area (Å²) in [5.41, 5.74) is 1.64. The molecule has 1 aromatic rings. The molecule has 30 heavy (non-hydrogen) atoms. The molecule has 2 N–H and O–H groups in total. The first kappa shape index (κ1) is 22.8. The van der Waals surface area contributed by atoms with Crippen molar-refractivity contribution in [2.24, 2.45) is 23.2 Å². The number of hydrogen-bond donors (Lipinski definition) is 2. The highest BCUT2D eigenvalue weighted by atomic mass is 32.1. The number of thiophene rings is 1. The van der Waals surface area contributed by atoms with E-state index in [0.29, 0.717) is 29.3 Å². The predicted molar refractivity (Wildman–Crippen MR) is 117 cm³/mol. The normalized spacial score (nSPS) is 24.1. The molecule has 3 rings (SSSR count). The number of carboxylic acids is 1. The van der Waals surface area contributed by atoms with Gasteiger partial charge in [0, 0.05) is 4.88 Å². The van der Waals surface area contributed by atoms with Crippen LogP contribution in [-0.4, -0.2) is 29.6 Å². The molecule has 0 unspecified atom stereocenters. The molecule has 0 aliphatic heterocycles. The molecule has 0 bridgehead atoms. The van der Waals surface area contributed by atoms with E-state index in [9.17, 15) is 19.5 Å². The number of anilines is 1. The van der Waals surface area contributed by atoms with Crippen LogP contribution in [0.15, 0.2) is 0 Å². The molecule has 2 aliphatic rings. The molecule has 0 radical (unpaired) electrons. The predicted octanol–water partition coefficient (Wildman–Crippen LogP) is 4.91. The van der Waals surface area contributed by atoms with Crippen LogP contribution in [0.25, 0.3) is 0 Å². The van der Waals surface area contributed by atoms with Gasteiger partial charge in [-0.3, -0.25) is 9.59 Å². The number of nitrogens with one attached hydrogen (secondary N) is 1. The maximum Gasteiger partial charge on any atom is 0.341 e. The Kier molecular flexibility index (Phi) is 6.90. The van der Waals surface area contributed by atoms with Gasteiger partial charge in [0.25, 0.3) is 0 Å². The maximum absolute atomic E-state index is 13.0. The van der Waals surface area contributed by atoms with E-state index in [-0.39, 0.29) is 17.9 Å². The number of carboxylic acid groups (broad SMARTS) is 1. The quantitative estimate of drug-likeness (QED) is 0.641. The second-order valence-electron chi connectivity index (χ2n) is 9.56. The van der Waals surface area contributed by atoms with Gasteiger partial charge >= 0.3 is 11.9 Å². The Morgan fingerprint density at radius 3 is 2.40 bits per heavy atom. The van der Waals surface area contributed by atoms with Crippen molar-refractivity contribution >= 4 is 34.2 Å². The summed E-state index contributed by atoms with van der Waals surface area (Å²) in [6.07, 6.45) is 5.43. The summed E-state index contributed by atoms with van der Waals surface area (Å²) in [6, 6.07) is 0. The highest BCUT2D eigenvalue weighted by Crippen LogP contribution is 2.45. The first-order valence-corrected chi connectivity index (χ1v) is 11.8. The molecule has 1 amide bonds. The number of esters is 1. The third-order valence-corrected chi connectivity index (χ3v) is 7.80. The van der Waals surface area contributed by atoms with Crippen molar-refractivity contribution in [1.29, 1.82) is 0 Å². The van der Waals surface area contributed by atoms with Crippen molar-refractivity contribution in [3.8, 4) is 0 Å². The summed E-state index contributed by atoms with van der Waals surface area (Å²) in [5, 5.41) is 13.0. The van der Waals surface area contributed by atoms with Crippen LogP contribution >= 0.6 is 11.3 Å². The maximum atomic E-state index is 13.0. The number of hydrogen-bond acceptors (Lipinski definition) is 5. The molecule has 1 saturated carbocycles. The zero-order valence-electron chi connectivity index (χ0n) is 18.4. The average Bonchev–Trinajstić information content (AvgIpc) is 3.04. The summed E-state index contributed by atoms with van der Waals surface area (Å²) in [4.78, 5) is 38.5. The van der Waals surface area contributed by atoms with Crippen molar-refractivity contribution in [2.75, 3.05) is 11.9 Å². The number of amides is 1. The second-order valence-corrected chi connectivity index (χ2v) is 10.7. The summed E-state index contributed by atoms with van der Waals surface area (Å²) >= 11 is 1.46. The average molecular weight is 436 g/mol. The van der Waals surface area contributed by atoms with E-state index in [1.54, 1.807) is 6.92 Å². The van der Waals surface area contributed by atoms with Gasteiger partial charge in [0.15, 0.2) is 0 Å². The second kappa shape index (κ2) is 9.08. The molecule has 166 valence electrons. The third kappa shape index (κ3) is 4.71. The minimum atomic E-state index is -0.918. The van der Waals surface area contributed by atoms with Crippen LogP contribution < -0.4 is 5.32 Å². The van der Waals surface area contributed by atoms with Crippen LogP contribution in [0.3, 0.4) is 0 Å². The van der Waals surface area contributed by atoms with Gasteiger partial charge < -0.3 is 15.2 Å². The van der Waals surface area contributed by atoms with Crippen LogP contribution in [0, 0.1) is 23.2 Å². The molecule has 6 nitrogen and oxygen atoms in total. The summed E-state index contributed by atoms with van der Waals surface area (Å²) in [7, 11) is 0. The van der Waals surface area contributed by atoms with Crippen LogP contribution in [0.1, 0.15) is 80.6 Å². The zero-order valence-corrected chi connectivity index (χ0v) is 19.2. The van der Waals surface area contributed by atoms with Gasteiger partial charge in [-0.1, -0.05) is 33.6 Å². The van der Waals surface area contributed by atoms with E-state index in [0.717, 1.165) is 42.5 Å². The standard InChI is InChI=1S/C23H33NO5S/c1-5-29-22(28)18-16-11-10-13(23(2,3)4)12-17(16)30-20(18)24-19(25)14-8-6-7-9-15(14)21(26)27/h13-15H,5-12H2,1-4H3,(H,24,25)(H,26,27)/t13-,14-,15-/m1/s1. The van der Waals surface area contributed by atoms with Crippen molar-refractivity contribution in [2.45, 2.75) is 72.6 Å². The number of fused-ring (bicyclic) bond motifs is 1. The largest absolute Gasteiger partial charge is 0.481 e. The fourth-order valence-electron chi connectivity index (χ4n) is 4.78. The van der Waals surface area contributed by atoms with Crippen molar-refractivity contribution < 1.29 is 24.2 Å². The molecule has 0 aromatic carbocycles. The van der Waals surface area contributed by atoms with Gasteiger partial charge in [-0.05, 0) is 55.9 Å². The van der Waals surface area contributed by atoms with Crippen molar-refractivity contribution in [1.82, 2.24) is 0 Å². The van der Waals surface area contributed by atoms with Crippen LogP contribution in [-0.2, 0) is 27.2 Å². The SMILES string of the molecule is CCOC(=O)c1c(NC(=O)[C@@H]2CCCC[C@H]2C(=O)O)sc2c1CC[C@@H](C(C)(C)C)C2. The molecule has 3 atom stereocenters. The Bertz CT molecular complexity index is 822. The minimum Gasteiger partial charge on any atom is -0.481 e. The Hall–Kier alpha value is -1.89. The molecule has 1 aromatic heterocycles. The number of carbonyl (C=O) groups is 3. The molecule has 0 spiro atoms. The Balaban J connectivity index is 1.90. The van der Waals surface area contributed by atoms with Crippen LogP contribution in [0.5, 0.6) is 0 Å². The summed E-state index contributed by atoms with van der Waals surface area (Å²) < 4.78 is 5.30. The zero-order chi connectivity index (χ0) is 22.1. The van der Waals surface area contributed by atoms with Gasteiger partial charge in [-0.25, -0.2) is 4.79 Å². The first-order chi connectivity index (χ1) is 14.1. The van der Waals surface area contributed by atoms with Gasteiger partial charge in [0.2, 0.25) is 5.91 Å². The molecule has 2 aliphatic carbocycles. The van der Waals surface area contributed by atoms with Gasteiger partial charge in [-0.2, -0.15) is 0 Å². The Morgan fingerprint density at radius 1 is 1.13 bits per heavy atom. The lowest BCUT2D eigenvalue weighted by molar-refractivity contribution is -0.147. The van der Waals surface area contributed by atoms with E-state index in [2.05, 4.69) is 26.1 Å². The summed E-state index contributed by atoms with van der Waals surface area (Å²) in [5.74, 6) is -2.33. The molecule has 7 heteroatoms. The molecular formula is C23H33NO5S. The molecular weight excluding hydrogens is 402 g/mol. The van der Waals surface area contributed by atoms with Crippen LogP contribution in [0.2, 0.25) is 0 Å². The fraction of sp³-hybridized carbons (Fsp3) is 0.696. The Morgan fingerprint density at radius 2 is 1.80 bits per heavy atom. The Labute approximate surface area is 182 Å². The monoisotopic (exact) mass is 435 g/mol. The van der Waals surface area contributed by atoms with Crippen molar-refractivity contribution in [3.63, 3.8) is 0 Å². The van der Waals surface area contributed by atoms with E-state index in [1.165, 1.54) is 11.3 Å². The molecule has 1 heterocycles. The van der Waals surface area contributed by atoms with Gasteiger partial charge in [-0.15, -0.1) is 11.3 Å². The molecule has 0 saturated heterocycles. The number of rotatable bonds is 5. The highest BCUT2D eigenvalue weighted by Gasteiger charge is 2.38. The van der Waals surface area contributed by atoms with Gasteiger partial charge in [0.1, 0.15) is 5.00 Å². The summed E-state index contributed by atoms with van der Waals surface area (Å²) in [6.45, 7) is 8.75. The van der Waals surface area contributed by atoms with E-state index in [4.69, 9.17) is 4.74 Å². The van der Waals surface area contributed by atoms with E-state index >= 15 is 0 Å². The molecule has 1 fully saturated rings. The lowest BCUT2D eigenvalue weighted by Gasteiger charge is -2.33. The van der Waals surface area contributed by atoms with Crippen molar-refractivity contribution in [3.05, 3.63) is 16.0 Å². The lowest BCUT2D eigenvalue weighted by atomic mass is 9.72. The minimum absolute atomic E-state index is 0.173. The number of ether oxygens (including phenoxy) is 1. The lowest BCUT2D eigenvalue weighted by Crippen LogP contribution is -2.36. The number of carbonyl (C=O) groups excluding carboxylic acids is 2. The third-order valence-electron chi connectivity index (χ3n) is 6.63. The van der Waals surface area contributed by atoms with E-state index < -0.39 is 23.8 Å². The number of aliphatic carboxylic acids is 1. The smallest absolute Gasteiger partial charge is 0.341 e. The topological polar surface area (TPSA) is 92.7 Å². The van der Waals surface area contributed by atoms with E-state index in [1.807, 2.05) is 0 Å². The first-order valence-electron chi connectivity index (χ1n) is 11.0. The van der Waals surface area contributed by atoms with Gasteiger partial charge in [0.05, 0.1) is 24.0 Å². The van der Waals surface area contributed by atoms with Crippen LogP contribution in [0.4, 0.5) is 5.00 Å². The highest BCUT2D eigenvalue weighted by molar-refractivity contribution is 7.17.